The van der Waals surface area contributed by atoms with Crippen LogP contribution in [0.3, 0.4) is 0 Å². The zero-order chi connectivity index (χ0) is 14.7. The molecule has 2 unspecified atom stereocenters. The van der Waals surface area contributed by atoms with Crippen LogP contribution in [0.25, 0.3) is 0 Å². The summed E-state index contributed by atoms with van der Waals surface area (Å²) in [5.41, 5.74) is 2.15. The maximum atomic E-state index is 11.0. The van der Waals surface area contributed by atoms with E-state index in [0.29, 0.717) is 11.1 Å². The van der Waals surface area contributed by atoms with Crippen molar-refractivity contribution >= 4 is 21.9 Å². The highest BCUT2D eigenvalue weighted by atomic mass is 79.9. The Morgan fingerprint density at radius 1 is 1.05 bits per heavy atom. The Bertz CT molecular complexity index is 607. The van der Waals surface area contributed by atoms with Crippen LogP contribution in [0.4, 0.5) is 0 Å². The Morgan fingerprint density at radius 3 is 2.25 bits per heavy atom. The van der Waals surface area contributed by atoms with Gasteiger partial charge in [-0.1, -0.05) is 52.3 Å². The first kappa shape index (κ1) is 14.8. The molecule has 0 bridgehead atoms. The van der Waals surface area contributed by atoms with Crippen LogP contribution in [0.2, 0.25) is 0 Å². The van der Waals surface area contributed by atoms with Crippen molar-refractivity contribution in [1.29, 1.82) is 0 Å². The number of carboxylic acids is 1. The van der Waals surface area contributed by atoms with Crippen LogP contribution >= 0.6 is 15.9 Å². The molecule has 0 spiro atoms. The molecule has 20 heavy (non-hydrogen) atoms. The topological polar surface area (TPSA) is 57.5 Å². The maximum Gasteiger partial charge on any atom is 0.310 e. The number of carbonyl (C=O) groups is 1. The highest BCUT2D eigenvalue weighted by Gasteiger charge is 2.16. The van der Waals surface area contributed by atoms with Crippen molar-refractivity contribution in [2.24, 2.45) is 0 Å². The Kier molecular flexibility index (Phi) is 4.57. The lowest BCUT2D eigenvalue weighted by molar-refractivity contribution is -0.138. The third-order valence-electron chi connectivity index (χ3n) is 3.28. The van der Waals surface area contributed by atoms with E-state index in [9.17, 15) is 9.90 Å². The molecule has 0 fully saturated rings. The lowest BCUT2D eigenvalue weighted by Crippen LogP contribution is -2.08. The van der Waals surface area contributed by atoms with Gasteiger partial charge < -0.3 is 10.2 Å². The molecule has 0 saturated heterocycles. The lowest BCUT2D eigenvalue weighted by atomic mass is 9.95. The summed E-state index contributed by atoms with van der Waals surface area (Å²) in [6.07, 6.45) is -0.760. The largest absolute Gasteiger partial charge is 0.481 e. The first-order valence-electron chi connectivity index (χ1n) is 6.25. The van der Waals surface area contributed by atoms with Crippen molar-refractivity contribution in [2.75, 3.05) is 0 Å². The summed E-state index contributed by atoms with van der Waals surface area (Å²) in [4.78, 5) is 11.0. The van der Waals surface area contributed by atoms with Crippen molar-refractivity contribution in [3.8, 4) is 0 Å². The van der Waals surface area contributed by atoms with Gasteiger partial charge in [-0.2, -0.15) is 0 Å². The molecule has 0 aliphatic carbocycles. The summed E-state index contributed by atoms with van der Waals surface area (Å²) in [5.74, 6) is -1.47. The first-order valence-corrected chi connectivity index (χ1v) is 7.04. The van der Waals surface area contributed by atoms with Gasteiger partial charge in [0, 0.05) is 4.47 Å². The fourth-order valence-corrected chi connectivity index (χ4v) is 2.24. The van der Waals surface area contributed by atoms with Crippen molar-refractivity contribution in [3.63, 3.8) is 0 Å². The zero-order valence-corrected chi connectivity index (χ0v) is 12.5. The molecule has 2 aromatic carbocycles. The van der Waals surface area contributed by atoms with Crippen LogP contribution in [-0.2, 0) is 4.79 Å². The van der Waals surface area contributed by atoms with Gasteiger partial charge >= 0.3 is 5.97 Å². The monoisotopic (exact) mass is 334 g/mol. The van der Waals surface area contributed by atoms with Gasteiger partial charge in [0.1, 0.15) is 6.10 Å². The molecule has 4 heteroatoms. The van der Waals surface area contributed by atoms with E-state index in [1.54, 1.807) is 31.2 Å². The third-order valence-corrected chi connectivity index (χ3v) is 3.81. The summed E-state index contributed by atoms with van der Waals surface area (Å²) in [5, 5.41) is 19.4. The minimum atomic E-state index is -0.875. The molecular weight excluding hydrogens is 320 g/mol. The van der Waals surface area contributed by atoms with E-state index in [1.807, 2.05) is 24.3 Å². The van der Waals surface area contributed by atoms with Crippen LogP contribution in [-0.4, -0.2) is 16.2 Å². The SMILES string of the molecule is CC(C(=O)O)c1cccc(C(O)c2ccc(Br)cc2)c1. The number of hydrogen-bond acceptors (Lipinski definition) is 2. The fourth-order valence-electron chi connectivity index (χ4n) is 1.98. The van der Waals surface area contributed by atoms with E-state index in [0.717, 1.165) is 10.0 Å². The van der Waals surface area contributed by atoms with Crippen LogP contribution < -0.4 is 0 Å². The van der Waals surface area contributed by atoms with E-state index >= 15 is 0 Å². The van der Waals surface area contributed by atoms with Gasteiger partial charge in [0.05, 0.1) is 5.92 Å². The van der Waals surface area contributed by atoms with E-state index < -0.39 is 18.0 Å². The number of aliphatic hydroxyl groups is 1. The van der Waals surface area contributed by atoms with E-state index in [-0.39, 0.29) is 0 Å². The highest BCUT2D eigenvalue weighted by molar-refractivity contribution is 9.10. The Balaban J connectivity index is 2.30. The smallest absolute Gasteiger partial charge is 0.310 e. The fraction of sp³-hybridized carbons (Fsp3) is 0.188. The summed E-state index contributed by atoms with van der Waals surface area (Å²) in [7, 11) is 0. The summed E-state index contributed by atoms with van der Waals surface area (Å²) < 4.78 is 0.946. The number of benzene rings is 2. The molecule has 2 N–H and O–H groups in total. The van der Waals surface area contributed by atoms with Crippen LogP contribution in [0.5, 0.6) is 0 Å². The molecule has 2 aromatic rings. The normalized spacial score (nSPS) is 13.8. The molecule has 0 radical (unpaired) electrons. The minimum absolute atomic E-state index is 0.591. The molecule has 0 aliphatic heterocycles. The Labute approximate surface area is 126 Å². The minimum Gasteiger partial charge on any atom is -0.481 e. The third kappa shape index (κ3) is 3.26. The molecule has 3 nitrogen and oxygen atoms in total. The van der Waals surface area contributed by atoms with Crippen molar-refractivity contribution in [2.45, 2.75) is 18.9 Å². The summed E-state index contributed by atoms with van der Waals surface area (Å²) >= 11 is 3.35. The highest BCUT2D eigenvalue weighted by Crippen LogP contribution is 2.26. The van der Waals surface area contributed by atoms with Crippen molar-refractivity contribution < 1.29 is 15.0 Å². The van der Waals surface area contributed by atoms with E-state index in [4.69, 9.17) is 5.11 Å². The molecular formula is C16H15BrO3. The molecule has 0 heterocycles. The first-order chi connectivity index (χ1) is 9.49. The predicted molar refractivity (Wildman–Crippen MR) is 80.7 cm³/mol. The standard InChI is InChI=1S/C16H15BrO3/c1-10(16(19)20)12-3-2-4-13(9-12)15(18)11-5-7-14(17)8-6-11/h2-10,15,18H,1H3,(H,19,20). The summed E-state index contributed by atoms with van der Waals surface area (Å²) in [6.45, 7) is 1.63. The zero-order valence-electron chi connectivity index (χ0n) is 11.0. The second kappa shape index (κ2) is 6.20. The summed E-state index contributed by atoms with van der Waals surface area (Å²) in [6, 6.07) is 14.5. The van der Waals surface area contributed by atoms with Gasteiger partial charge in [0.2, 0.25) is 0 Å². The quantitative estimate of drug-likeness (QED) is 0.895. The molecule has 0 saturated carbocycles. The number of aliphatic carboxylic acids is 1. The van der Waals surface area contributed by atoms with Gasteiger partial charge in [-0.15, -0.1) is 0 Å². The second-order valence-corrected chi connectivity index (χ2v) is 5.60. The average molecular weight is 335 g/mol. The Morgan fingerprint density at radius 2 is 1.65 bits per heavy atom. The van der Waals surface area contributed by atoms with Crippen molar-refractivity contribution in [3.05, 3.63) is 69.7 Å². The van der Waals surface area contributed by atoms with Gasteiger partial charge in [0.25, 0.3) is 0 Å². The molecule has 0 aliphatic rings. The van der Waals surface area contributed by atoms with E-state index in [1.165, 1.54) is 0 Å². The molecule has 2 atom stereocenters. The number of rotatable bonds is 4. The maximum absolute atomic E-state index is 11.0. The number of hydrogen-bond donors (Lipinski definition) is 2. The van der Waals surface area contributed by atoms with Gasteiger partial charge in [0.15, 0.2) is 0 Å². The van der Waals surface area contributed by atoms with Crippen LogP contribution in [0.15, 0.2) is 53.0 Å². The molecule has 2 rings (SSSR count). The van der Waals surface area contributed by atoms with Crippen LogP contribution in [0.1, 0.15) is 35.6 Å². The molecule has 0 amide bonds. The van der Waals surface area contributed by atoms with Gasteiger partial charge in [-0.3, -0.25) is 4.79 Å². The van der Waals surface area contributed by atoms with Crippen LogP contribution in [0, 0.1) is 0 Å². The molecule has 104 valence electrons. The lowest BCUT2D eigenvalue weighted by Gasteiger charge is -2.14. The average Bonchev–Trinajstić information content (AvgIpc) is 2.46. The van der Waals surface area contributed by atoms with E-state index in [2.05, 4.69) is 15.9 Å². The van der Waals surface area contributed by atoms with Crippen molar-refractivity contribution in [1.82, 2.24) is 0 Å². The number of halogens is 1. The Hall–Kier alpha value is -1.65. The second-order valence-electron chi connectivity index (χ2n) is 4.68. The predicted octanol–water partition coefficient (Wildman–Crippen LogP) is 3.72. The number of aliphatic hydroxyl groups excluding tert-OH is 1. The number of carboxylic acid groups (broad SMARTS) is 1. The van der Waals surface area contributed by atoms with Gasteiger partial charge in [-0.05, 0) is 35.7 Å². The molecule has 0 aromatic heterocycles. The van der Waals surface area contributed by atoms with Gasteiger partial charge in [-0.25, -0.2) is 0 Å².